The molecule has 5 aliphatic heterocycles. The van der Waals surface area contributed by atoms with E-state index in [2.05, 4.69) is 96.3 Å². The van der Waals surface area contributed by atoms with Gasteiger partial charge in [0.05, 0.1) is 30.4 Å². The summed E-state index contributed by atoms with van der Waals surface area (Å²) >= 11 is 0. The number of anilines is 1. The van der Waals surface area contributed by atoms with Crippen LogP contribution in [0.4, 0.5) is 5.69 Å². The fourth-order valence-electron chi connectivity index (χ4n) is 7.63. The van der Waals surface area contributed by atoms with Crippen LogP contribution in [0.2, 0.25) is 0 Å². The van der Waals surface area contributed by atoms with Gasteiger partial charge < -0.3 is 15.0 Å². The van der Waals surface area contributed by atoms with Gasteiger partial charge in [0.1, 0.15) is 6.29 Å². The molecule has 40 heavy (non-hydrogen) atoms. The van der Waals surface area contributed by atoms with Crippen molar-refractivity contribution in [3.8, 4) is 0 Å². The molecule has 5 aliphatic rings. The van der Waals surface area contributed by atoms with Gasteiger partial charge in [-0.05, 0) is 76.3 Å². The fraction of sp³-hybridized carbons (Fsp3) is 0.710. The molecule has 5 heterocycles. The van der Waals surface area contributed by atoms with Crippen LogP contribution in [-0.2, 0) is 21.5 Å². The Kier molecular flexibility index (Phi) is 7.74. The molecule has 0 spiro atoms. The van der Waals surface area contributed by atoms with Crippen molar-refractivity contribution in [1.82, 2.24) is 30.9 Å². The number of rotatable bonds is 2. The maximum absolute atomic E-state index is 13.8. The van der Waals surface area contributed by atoms with Crippen LogP contribution in [0.1, 0.15) is 70.9 Å². The van der Waals surface area contributed by atoms with E-state index in [4.69, 9.17) is 4.74 Å². The summed E-state index contributed by atoms with van der Waals surface area (Å²) in [6, 6.07) is 7.03. The van der Waals surface area contributed by atoms with E-state index in [9.17, 15) is 4.79 Å². The first-order chi connectivity index (χ1) is 19.1. The Morgan fingerprint density at radius 1 is 1.07 bits per heavy atom. The van der Waals surface area contributed by atoms with E-state index in [1.165, 1.54) is 11.1 Å². The number of piperidine rings is 1. The largest absolute Gasteiger partial charge is 0.374 e. The number of carbonyl (C=O) groups is 1. The highest BCUT2D eigenvalue weighted by molar-refractivity contribution is 5.82. The molecular formula is C31H49N7O2. The molecule has 6 rings (SSSR count). The summed E-state index contributed by atoms with van der Waals surface area (Å²) < 4.78 is 6.38. The van der Waals surface area contributed by atoms with Crippen molar-refractivity contribution in [3.63, 3.8) is 0 Å². The van der Waals surface area contributed by atoms with Crippen LogP contribution < -0.4 is 21.3 Å². The smallest absolute Gasteiger partial charge is 0.244 e. The topological polar surface area (TPSA) is 84.1 Å². The van der Waals surface area contributed by atoms with E-state index >= 15 is 0 Å². The number of amides is 1. The van der Waals surface area contributed by atoms with Gasteiger partial charge in [0.15, 0.2) is 0 Å². The van der Waals surface area contributed by atoms with Crippen molar-refractivity contribution in [3.05, 3.63) is 41.5 Å². The lowest BCUT2D eigenvalue weighted by molar-refractivity contribution is -0.147. The molecule has 0 saturated carbocycles. The Bertz CT molecular complexity index is 1120. The number of nitrogens with zero attached hydrogens (tertiary/aromatic N) is 3. The number of nitrogens with one attached hydrogen (secondary N) is 4. The zero-order valence-electron chi connectivity index (χ0n) is 25.0. The SMILES string of the molecule is CN1Cc2cc(NC3NCC4C(=O)N5C/C=C/CCCOC(C)(C)C6CCCC(N6)N5C4N3)ccc2C(C)(C)C1. The van der Waals surface area contributed by atoms with E-state index in [0.717, 1.165) is 57.5 Å². The molecule has 0 radical (unpaired) electrons. The molecule has 1 aromatic rings. The maximum atomic E-state index is 13.8. The Morgan fingerprint density at radius 2 is 1.93 bits per heavy atom. The lowest BCUT2D eigenvalue weighted by Crippen LogP contribution is -2.69. The second-order valence-corrected chi connectivity index (χ2v) is 13.7. The van der Waals surface area contributed by atoms with Crippen LogP contribution in [0.15, 0.2) is 30.4 Å². The normalized spacial score (nSPS) is 35.4. The van der Waals surface area contributed by atoms with Gasteiger partial charge in [0.25, 0.3) is 0 Å². The third-order valence-electron chi connectivity index (χ3n) is 9.60. The van der Waals surface area contributed by atoms with Crippen molar-refractivity contribution in [2.24, 2.45) is 5.92 Å². The van der Waals surface area contributed by atoms with Gasteiger partial charge >= 0.3 is 0 Å². The minimum Gasteiger partial charge on any atom is -0.374 e. The molecule has 220 valence electrons. The number of hydrogen-bond acceptors (Lipinski definition) is 8. The molecule has 3 saturated heterocycles. The highest BCUT2D eigenvalue weighted by atomic mass is 16.5. The van der Waals surface area contributed by atoms with Crippen LogP contribution in [0.25, 0.3) is 0 Å². The molecule has 4 N–H and O–H groups in total. The predicted octanol–water partition coefficient (Wildman–Crippen LogP) is 2.91. The van der Waals surface area contributed by atoms with Gasteiger partial charge in [-0.15, -0.1) is 0 Å². The summed E-state index contributed by atoms with van der Waals surface area (Å²) in [7, 11) is 2.20. The van der Waals surface area contributed by atoms with Gasteiger partial charge in [0.2, 0.25) is 5.91 Å². The van der Waals surface area contributed by atoms with Gasteiger partial charge in [-0.1, -0.05) is 32.1 Å². The lowest BCUT2D eigenvalue weighted by Gasteiger charge is -2.47. The number of benzene rings is 1. The highest BCUT2D eigenvalue weighted by Crippen LogP contribution is 2.36. The Morgan fingerprint density at radius 3 is 2.77 bits per heavy atom. The van der Waals surface area contributed by atoms with Crippen LogP contribution >= 0.6 is 0 Å². The summed E-state index contributed by atoms with van der Waals surface area (Å²) in [5.74, 6) is 0.0604. The molecule has 0 aromatic heterocycles. The number of ether oxygens (including phenoxy) is 1. The van der Waals surface area contributed by atoms with Crippen LogP contribution in [-0.4, -0.2) is 84.4 Å². The maximum Gasteiger partial charge on any atom is 0.244 e. The number of hydrazine groups is 1. The number of hydrogen-bond donors (Lipinski definition) is 4. The monoisotopic (exact) mass is 551 g/mol. The zero-order chi connectivity index (χ0) is 28.1. The van der Waals surface area contributed by atoms with Gasteiger partial charge in [0, 0.05) is 43.4 Å². The van der Waals surface area contributed by atoms with Crippen LogP contribution in [0.5, 0.6) is 0 Å². The number of likely N-dealkylation sites (N-methyl/N-ethyl adjacent to an activating group) is 1. The van der Waals surface area contributed by atoms with Crippen LogP contribution in [0.3, 0.4) is 0 Å². The second-order valence-electron chi connectivity index (χ2n) is 13.7. The lowest BCUT2D eigenvalue weighted by atomic mass is 9.78. The molecule has 1 aromatic carbocycles. The first-order valence-corrected chi connectivity index (χ1v) is 15.3. The van der Waals surface area contributed by atoms with Crippen molar-refractivity contribution >= 4 is 11.6 Å². The molecule has 1 amide bonds. The first kappa shape index (κ1) is 28.1. The minimum atomic E-state index is -0.259. The van der Waals surface area contributed by atoms with Crippen molar-refractivity contribution < 1.29 is 9.53 Å². The summed E-state index contributed by atoms with van der Waals surface area (Å²) in [4.78, 5) is 16.2. The molecule has 9 heteroatoms. The highest BCUT2D eigenvalue weighted by Gasteiger charge is 2.52. The van der Waals surface area contributed by atoms with Crippen LogP contribution in [0, 0.1) is 5.92 Å². The molecular weight excluding hydrogens is 502 g/mol. The van der Waals surface area contributed by atoms with Gasteiger partial charge in [-0.3, -0.25) is 25.8 Å². The molecule has 0 aliphatic carbocycles. The number of allylic oxidation sites excluding steroid dienone is 1. The Labute approximate surface area is 240 Å². The molecule has 9 nitrogen and oxygen atoms in total. The average molecular weight is 552 g/mol. The standard InChI is InChI=1S/C31H49N7O2/c1-30(2)20-36(5)19-21-17-22(13-14-24(21)30)33-29-32-18-23-27(35-29)38-26-12-10-11-25(34-26)31(3,4)40-16-9-7-6-8-15-37(38)28(23)39/h6,8,13-14,17,23,25-27,29,32-35H,7,9-12,15-16,18-20H2,1-5H3/b8-6+. The summed E-state index contributed by atoms with van der Waals surface area (Å²) in [5.41, 5.74) is 3.79. The number of fused-ring (bicyclic) bond motifs is 7. The van der Waals surface area contributed by atoms with Crippen molar-refractivity contribution in [1.29, 1.82) is 0 Å². The minimum absolute atomic E-state index is 0.0718. The first-order valence-electron chi connectivity index (χ1n) is 15.3. The van der Waals surface area contributed by atoms with E-state index in [0.29, 0.717) is 13.1 Å². The van der Waals surface area contributed by atoms with Crippen molar-refractivity contribution in [2.45, 2.75) is 102 Å². The Balaban J connectivity index is 1.23. The van der Waals surface area contributed by atoms with E-state index in [-0.39, 0.29) is 47.5 Å². The van der Waals surface area contributed by atoms with Gasteiger partial charge in [-0.2, -0.15) is 5.01 Å². The zero-order valence-corrected chi connectivity index (χ0v) is 25.0. The summed E-state index contributed by atoms with van der Waals surface area (Å²) in [6.07, 6.45) is 9.36. The third-order valence-corrected chi connectivity index (χ3v) is 9.60. The van der Waals surface area contributed by atoms with Crippen molar-refractivity contribution in [2.75, 3.05) is 38.6 Å². The molecule has 2 bridgehead atoms. The quantitative estimate of drug-likeness (QED) is 0.418. The third kappa shape index (κ3) is 5.44. The molecule has 3 fully saturated rings. The second kappa shape index (κ2) is 11.0. The van der Waals surface area contributed by atoms with Gasteiger partial charge in [-0.25, -0.2) is 0 Å². The number of carbonyl (C=O) groups excluding carboxylic acids is 1. The summed E-state index contributed by atoms with van der Waals surface area (Å²) in [6.45, 7) is 13.1. The molecule has 5 atom stereocenters. The van der Waals surface area contributed by atoms with E-state index in [1.807, 2.05) is 5.01 Å². The predicted molar refractivity (Wildman–Crippen MR) is 158 cm³/mol. The molecule has 5 unspecified atom stereocenters. The van der Waals surface area contributed by atoms with E-state index in [1.54, 1.807) is 0 Å². The van der Waals surface area contributed by atoms with E-state index < -0.39 is 0 Å². The average Bonchev–Trinajstić information content (AvgIpc) is 3.17. The fourth-order valence-corrected chi connectivity index (χ4v) is 7.63. The summed E-state index contributed by atoms with van der Waals surface area (Å²) in [5, 5.41) is 19.3. The Hall–Kier alpha value is -2.01.